The van der Waals surface area contributed by atoms with Gasteiger partial charge in [0.15, 0.2) is 0 Å². The van der Waals surface area contributed by atoms with Crippen LogP contribution in [0.2, 0.25) is 0 Å². The van der Waals surface area contributed by atoms with E-state index in [-0.39, 0.29) is 17.9 Å². The summed E-state index contributed by atoms with van der Waals surface area (Å²) in [6.07, 6.45) is -0.302. The summed E-state index contributed by atoms with van der Waals surface area (Å²) >= 11 is 0. The first-order chi connectivity index (χ1) is 10.7. The zero-order chi connectivity index (χ0) is 17.3. The summed E-state index contributed by atoms with van der Waals surface area (Å²) < 4.78 is 39.4. The Morgan fingerprint density at radius 2 is 1.96 bits per heavy atom. The third-order valence-corrected chi connectivity index (χ3v) is 5.58. The lowest BCUT2D eigenvalue weighted by molar-refractivity contribution is -0.150. The second-order valence-corrected chi connectivity index (χ2v) is 7.45. The molecule has 0 aliphatic carbocycles. The molecule has 7 nitrogen and oxygen atoms in total. The second kappa shape index (κ2) is 6.25. The fourth-order valence-electron chi connectivity index (χ4n) is 2.31. The number of likely N-dealkylation sites (N-methyl/N-ethyl adjacent to an activating group) is 1. The number of benzene rings is 1. The fourth-order valence-corrected chi connectivity index (χ4v) is 3.45. The number of hydrogen-bond donors (Lipinski definition) is 1. The molecule has 1 aromatic rings. The number of sulfonamides is 1. The van der Waals surface area contributed by atoms with Crippen molar-refractivity contribution in [3.63, 3.8) is 0 Å². The van der Waals surface area contributed by atoms with Gasteiger partial charge < -0.3 is 10.0 Å². The number of likely N-dealkylation sites (tertiary alicyclic amines) is 1. The Morgan fingerprint density at radius 1 is 1.35 bits per heavy atom. The van der Waals surface area contributed by atoms with Gasteiger partial charge in [0.25, 0.3) is 0 Å². The SMILES string of the molecule is CN(CC(=O)N1CCC(F)(C(=O)O)C1)S(=O)(=O)c1ccccc1. The summed E-state index contributed by atoms with van der Waals surface area (Å²) in [4.78, 5) is 24.0. The summed E-state index contributed by atoms with van der Waals surface area (Å²) in [5, 5.41) is 8.81. The van der Waals surface area contributed by atoms with Crippen LogP contribution in [0.5, 0.6) is 0 Å². The molecule has 0 radical (unpaired) electrons. The third kappa shape index (κ3) is 3.50. The van der Waals surface area contributed by atoms with Gasteiger partial charge >= 0.3 is 5.97 Å². The van der Waals surface area contributed by atoms with E-state index in [2.05, 4.69) is 0 Å². The van der Waals surface area contributed by atoms with Crippen molar-refractivity contribution in [3.05, 3.63) is 30.3 Å². The largest absolute Gasteiger partial charge is 0.479 e. The number of alkyl halides is 1. The van der Waals surface area contributed by atoms with E-state index in [1.165, 1.54) is 19.2 Å². The number of carboxylic acid groups (broad SMARTS) is 1. The first kappa shape index (κ1) is 17.4. The van der Waals surface area contributed by atoms with Crippen molar-refractivity contribution < 1.29 is 27.5 Å². The molecule has 1 amide bonds. The van der Waals surface area contributed by atoms with Gasteiger partial charge in [-0.05, 0) is 12.1 Å². The number of nitrogens with zero attached hydrogens (tertiary/aromatic N) is 2. The molecule has 0 aromatic heterocycles. The molecule has 1 heterocycles. The molecule has 9 heteroatoms. The van der Waals surface area contributed by atoms with Crippen LogP contribution in [0.3, 0.4) is 0 Å². The molecule has 2 rings (SSSR count). The van der Waals surface area contributed by atoms with Crippen molar-refractivity contribution in [3.8, 4) is 0 Å². The van der Waals surface area contributed by atoms with Gasteiger partial charge in [-0.15, -0.1) is 0 Å². The van der Waals surface area contributed by atoms with Crippen LogP contribution in [0.25, 0.3) is 0 Å². The lowest BCUT2D eigenvalue weighted by atomic mass is 10.1. The molecule has 1 fully saturated rings. The predicted molar refractivity (Wildman–Crippen MR) is 78.9 cm³/mol. The first-order valence-corrected chi connectivity index (χ1v) is 8.32. The number of carbonyl (C=O) groups excluding carboxylic acids is 1. The standard InChI is InChI=1S/C14H17FN2O5S/c1-16(23(21,22)11-5-3-2-4-6-11)9-12(18)17-8-7-14(15,10-17)13(19)20/h2-6H,7-10H2,1H3,(H,19,20). The normalized spacial score (nSPS) is 21.6. The number of halogens is 1. The minimum Gasteiger partial charge on any atom is -0.479 e. The molecule has 1 aromatic carbocycles. The van der Waals surface area contributed by atoms with Crippen LogP contribution in [0.1, 0.15) is 6.42 Å². The highest BCUT2D eigenvalue weighted by molar-refractivity contribution is 7.89. The number of hydrogen-bond acceptors (Lipinski definition) is 4. The highest BCUT2D eigenvalue weighted by Gasteiger charge is 2.47. The van der Waals surface area contributed by atoms with E-state index in [1.54, 1.807) is 18.2 Å². The highest BCUT2D eigenvalue weighted by Crippen LogP contribution is 2.26. The van der Waals surface area contributed by atoms with Crippen molar-refractivity contribution >= 4 is 21.9 Å². The van der Waals surface area contributed by atoms with Crippen LogP contribution < -0.4 is 0 Å². The van der Waals surface area contributed by atoms with Crippen LogP contribution >= 0.6 is 0 Å². The molecule has 1 unspecified atom stereocenters. The molecule has 126 valence electrons. The van der Waals surface area contributed by atoms with Gasteiger partial charge in [0.05, 0.1) is 18.0 Å². The van der Waals surface area contributed by atoms with Crippen molar-refractivity contribution in [2.45, 2.75) is 17.0 Å². The van der Waals surface area contributed by atoms with Crippen molar-refractivity contribution in [1.82, 2.24) is 9.21 Å². The van der Waals surface area contributed by atoms with Gasteiger partial charge in [-0.2, -0.15) is 4.31 Å². The maximum Gasteiger partial charge on any atom is 0.343 e. The third-order valence-electron chi connectivity index (χ3n) is 3.76. The number of amides is 1. The molecule has 1 atom stereocenters. The summed E-state index contributed by atoms with van der Waals surface area (Å²) in [5.41, 5.74) is -2.47. The maximum absolute atomic E-state index is 14.0. The molecular formula is C14H17FN2O5S. The molecule has 1 saturated heterocycles. The van der Waals surface area contributed by atoms with E-state index < -0.39 is 40.7 Å². The average Bonchev–Trinajstić information content (AvgIpc) is 2.92. The van der Waals surface area contributed by atoms with Crippen molar-refractivity contribution in [2.75, 3.05) is 26.7 Å². The first-order valence-electron chi connectivity index (χ1n) is 6.88. The monoisotopic (exact) mass is 344 g/mol. The van der Waals surface area contributed by atoms with Gasteiger partial charge in [0, 0.05) is 20.0 Å². The minimum atomic E-state index is -3.83. The molecular weight excluding hydrogens is 327 g/mol. The van der Waals surface area contributed by atoms with E-state index in [9.17, 15) is 22.4 Å². The molecule has 0 saturated carbocycles. The molecule has 23 heavy (non-hydrogen) atoms. The summed E-state index contributed by atoms with van der Waals surface area (Å²) in [6.45, 7) is -1.10. The Bertz CT molecular complexity index is 709. The van der Waals surface area contributed by atoms with E-state index in [0.717, 1.165) is 9.21 Å². The Morgan fingerprint density at radius 3 is 2.48 bits per heavy atom. The van der Waals surface area contributed by atoms with Crippen LogP contribution in [0.15, 0.2) is 35.2 Å². The van der Waals surface area contributed by atoms with E-state index in [4.69, 9.17) is 5.11 Å². The Kier molecular flexibility index (Phi) is 4.71. The Balaban J connectivity index is 2.05. The zero-order valence-electron chi connectivity index (χ0n) is 12.5. The molecule has 1 aliphatic heterocycles. The number of carbonyl (C=O) groups is 2. The van der Waals surface area contributed by atoms with Crippen LogP contribution in [-0.4, -0.2) is 67.0 Å². The lowest BCUT2D eigenvalue weighted by Crippen LogP contribution is -2.43. The van der Waals surface area contributed by atoms with E-state index in [0.29, 0.717) is 0 Å². The second-order valence-electron chi connectivity index (χ2n) is 5.41. The topological polar surface area (TPSA) is 95.0 Å². The van der Waals surface area contributed by atoms with Gasteiger partial charge in [-0.3, -0.25) is 4.79 Å². The smallest absolute Gasteiger partial charge is 0.343 e. The number of rotatable bonds is 5. The minimum absolute atomic E-state index is 0.0436. The predicted octanol–water partition coefficient (Wildman–Crippen LogP) is 0.332. The molecule has 0 spiro atoms. The Labute approximate surface area is 133 Å². The summed E-state index contributed by atoms with van der Waals surface area (Å²) in [5.74, 6) is -2.24. The number of aliphatic carboxylic acids is 1. The van der Waals surface area contributed by atoms with Crippen molar-refractivity contribution in [2.24, 2.45) is 0 Å². The van der Waals surface area contributed by atoms with Crippen LogP contribution in [-0.2, 0) is 19.6 Å². The van der Waals surface area contributed by atoms with Gasteiger partial charge in [-0.1, -0.05) is 18.2 Å². The molecule has 0 bridgehead atoms. The summed E-state index contributed by atoms with van der Waals surface area (Å²) in [7, 11) is -2.59. The summed E-state index contributed by atoms with van der Waals surface area (Å²) in [6, 6.07) is 7.61. The van der Waals surface area contributed by atoms with Crippen LogP contribution in [0.4, 0.5) is 4.39 Å². The average molecular weight is 344 g/mol. The van der Waals surface area contributed by atoms with E-state index >= 15 is 0 Å². The van der Waals surface area contributed by atoms with Gasteiger partial charge in [-0.25, -0.2) is 17.6 Å². The fraction of sp³-hybridized carbons (Fsp3) is 0.429. The quantitative estimate of drug-likeness (QED) is 0.831. The highest BCUT2D eigenvalue weighted by atomic mass is 32.2. The maximum atomic E-state index is 14.0. The molecule has 1 aliphatic rings. The van der Waals surface area contributed by atoms with Gasteiger partial charge in [0.1, 0.15) is 0 Å². The van der Waals surface area contributed by atoms with Gasteiger partial charge in [0.2, 0.25) is 21.6 Å². The van der Waals surface area contributed by atoms with Crippen molar-refractivity contribution in [1.29, 1.82) is 0 Å². The van der Waals surface area contributed by atoms with E-state index in [1.807, 2.05) is 0 Å². The molecule has 1 N–H and O–H groups in total. The van der Waals surface area contributed by atoms with Crippen LogP contribution in [0, 0.1) is 0 Å². The number of carboxylic acids is 1. The zero-order valence-corrected chi connectivity index (χ0v) is 13.3. The Hall–Kier alpha value is -2.00. The lowest BCUT2D eigenvalue weighted by Gasteiger charge is -2.22.